The lowest BCUT2D eigenvalue weighted by Gasteiger charge is -2.19. The zero-order chi connectivity index (χ0) is 12.1. The first-order chi connectivity index (χ1) is 8.29. The topological polar surface area (TPSA) is 12.5 Å². The molecule has 2 aromatic rings. The molecule has 0 fully saturated rings. The number of anilines is 1. The van der Waals surface area contributed by atoms with Crippen LogP contribution in [0.2, 0.25) is 0 Å². The van der Waals surface area contributed by atoms with E-state index in [9.17, 15) is 0 Å². The molecule has 0 amide bonds. The van der Waals surface area contributed by atoms with Crippen molar-refractivity contribution in [3.05, 3.63) is 60.2 Å². The fraction of sp³-hybridized carbons (Fsp3) is 0.200. The fourth-order valence-electron chi connectivity index (χ4n) is 1.72. The summed E-state index contributed by atoms with van der Waals surface area (Å²) in [5, 5.41) is 0. The van der Waals surface area contributed by atoms with Gasteiger partial charge in [-0.05, 0) is 17.7 Å². The van der Waals surface area contributed by atoms with Gasteiger partial charge in [-0.15, -0.1) is 0 Å². The highest BCUT2D eigenvalue weighted by atomic mass is 16.5. The first-order valence-corrected chi connectivity index (χ1v) is 5.60. The zero-order valence-electron chi connectivity index (χ0n) is 10.2. The van der Waals surface area contributed by atoms with Crippen molar-refractivity contribution in [1.82, 2.24) is 0 Å². The average Bonchev–Trinajstić information content (AvgIpc) is 2.40. The van der Waals surface area contributed by atoms with E-state index in [2.05, 4.69) is 42.3 Å². The van der Waals surface area contributed by atoms with Crippen molar-refractivity contribution >= 4 is 5.69 Å². The van der Waals surface area contributed by atoms with Gasteiger partial charge in [0.25, 0.3) is 0 Å². The van der Waals surface area contributed by atoms with Gasteiger partial charge in [-0.3, -0.25) is 0 Å². The van der Waals surface area contributed by atoms with E-state index in [-0.39, 0.29) is 0 Å². The Morgan fingerprint density at radius 1 is 1.18 bits per heavy atom. The van der Waals surface area contributed by atoms with Gasteiger partial charge in [0, 0.05) is 31.4 Å². The Labute approximate surface area is 102 Å². The molecule has 2 heteroatoms. The summed E-state index contributed by atoms with van der Waals surface area (Å²) in [5.74, 6) is 0.860. The summed E-state index contributed by atoms with van der Waals surface area (Å²) in [5.41, 5.74) is 2.32. The van der Waals surface area contributed by atoms with Crippen LogP contribution in [0.3, 0.4) is 0 Å². The van der Waals surface area contributed by atoms with Crippen molar-refractivity contribution in [3.63, 3.8) is 0 Å². The second-order valence-electron chi connectivity index (χ2n) is 3.96. The third kappa shape index (κ3) is 3.00. The third-order valence-electron chi connectivity index (χ3n) is 2.67. The molecule has 0 N–H and O–H groups in total. The summed E-state index contributed by atoms with van der Waals surface area (Å²) in [7, 11) is 3.73. The van der Waals surface area contributed by atoms with E-state index in [1.54, 1.807) is 7.11 Å². The Morgan fingerprint density at radius 2 is 1.94 bits per heavy atom. The van der Waals surface area contributed by atoms with E-state index < -0.39 is 0 Å². The monoisotopic (exact) mass is 226 g/mol. The van der Waals surface area contributed by atoms with E-state index in [0.717, 1.165) is 18.0 Å². The lowest BCUT2D eigenvalue weighted by atomic mass is 10.2. The minimum absolute atomic E-state index is 0.860. The molecular formula is C15H16NO. The van der Waals surface area contributed by atoms with Crippen molar-refractivity contribution in [2.45, 2.75) is 6.54 Å². The Morgan fingerprint density at radius 3 is 2.65 bits per heavy atom. The summed E-state index contributed by atoms with van der Waals surface area (Å²) >= 11 is 0. The molecule has 0 aliphatic carbocycles. The van der Waals surface area contributed by atoms with Crippen LogP contribution in [-0.2, 0) is 6.54 Å². The number of hydrogen-bond donors (Lipinski definition) is 0. The molecule has 0 spiro atoms. The van der Waals surface area contributed by atoms with Crippen LogP contribution < -0.4 is 9.64 Å². The third-order valence-corrected chi connectivity index (χ3v) is 2.67. The fourth-order valence-corrected chi connectivity index (χ4v) is 1.72. The largest absolute Gasteiger partial charge is 0.497 e. The Hall–Kier alpha value is -1.96. The lowest BCUT2D eigenvalue weighted by Crippen LogP contribution is -2.16. The summed E-state index contributed by atoms with van der Waals surface area (Å²) in [6, 6.07) is 19.4. The SMILES string of the molecule is COc1cc[c]c(N(C)Cc2ccccc2)c1. The molecule has 0 atom stereocenters. The highest BCUT2D eigenvalue weighted by molar-refractivity contribution is 5.49. The van der Waals surface area contributed by atoms with Gasteiger partial charge in [0.05, 0.1) is 7.11 Å². The molecule has 0 aliphatic rings. The minimum Gasteiger partial charge on any atom is -0.497 e. The summed E-state index contributed by atoms with van der Waals surface area (Å²) in [6.45, 7) is 0.866. The van der Waals surface area contributed by atoms with Gasteiger partial charge < -0.3 is 9.64 Å². The van der Waals surface area contributed by atoms with Crippen LogP contribution in [-0.4, -0.2) is 14.2 Å². The van der Waals surface area contributed by atoms with Crippen molar-refractivity contribution in [3.8, 4) is 5.75 Å². The lowest BCUT2D eigenvalue weighted by molar-refractivity contribution is 0.415. The van der Waals surface area contributed by atoms with Crippen molar-refractivity contribution in [2.75, 3.05) is 19.1 Å². The number of ether oxygens (including phenoxy) is 1. The van der Waals surface area contributed by atoms with Gasteiger partial charge >= 0.3 is 0 Å². The number of benzene rings is 2. The molecule has 0 aromatic heterocycles. The van der Waals surface area contributed by atoms with Gasteiger partial charge in [0.15, 0.2) is 0 Å². The highest BCUT2D eigenvalue weighted by Gasteiger charge is 2.03. The molecule has 0 aliphatic heterocycles. The first kappa shape index (κ1) is 11.5. The van der Waals surface area contributed by atoms with Gasteiger partial charge in [-0.1, -0.05) is 30.3 Å². The van der Waals surface area contributed by atoms with Crippen LogP contribution >= 0.6 is 0 Å². The smallest absolute Gasteiger partial charge is 0.120 e. The van der Waals surface area contributed by atoms with Crippen molar-refractivity contribution in [1.29, 1.82) is 0 Å². The summed E-state index contributed by atoms with van der Waals surface area (Å²) < 4.78 is 5.21. The Kier molecular flexibility index (Phi) is 3.66. The standard InChI is InChI=1S/C15H16NO/c1-16(12-13-7-4-3-5-8-13)14-9-6-10-15(11-14)17-2/h3-8,10-11H,12H2,1-2H3. The average molecular weight is 226 g/mol. The number of rotatable bonds is 4. The maximum Gasteiger partial charge on any atom is 0.120 e. The van der Waals surface area contributed by atoms with E-state index in [1.165, 1.54) is 5.56 Å². The molecule has 0 saturated heterocycles. The molecule has 0 heterocycles. The quantitative estimate of drug-likeness (QED) is 0.794. The molecule has 2 nitrogen and oxygen atoms in total. The second kappa shape index (κ2) is 5.39. The van der Waals surface area contributed by atoms with Gasteiger partial charge in [-0.25, -0.2) is 0 Å². The van der Waals surface area contributed by atoms with Crippen molar-refractivity contribution < 1.29 is 4.74 Å². The van der Waals surface area contributed by atoms with Crippen LogP contribution in [0, 0.1) is 6.07 Å². The zero-order valence-corrected chi connectivity index (χ0v) is 10.2. The molecule has 0 bridgehead atoms. The highest BCUT2D eigenvalue weighted by Crippen LogP contribution is 2.20. The van der Waals surface area contributed by atoms with E-state index in [1.807, 2.05) is 24.3 Å². The predicted molar refractivity (Wildman–Crippen MR) is 70.4 cm³/mol. The van der Waals surface area contributed by atoms with Crippen LogP contribution in [0.25, 0.3) is 0 Å². The van der Waals surface area contributed by atoms with Crippen LogP contribution in [0.1, 0.15) is 5.56 Å². The maximum absolute atomic E-state index is 5.21. The minimum atomic E-state index is 0.860. The molecule has 87 valence electrons. The normalized spacial score (nSPS) is 10.0. The van der Waals surface area contributed by atoms with Crippen LogP contribution in [0.5, 0.6) is 5.75 Å². The van der Waals surface area contributed by atoms with E-state index in [4.69, 9.17) is 4.74 Å². The first-order valence-electron chi connectivity index (χ1n) is 5.60. The molecule has 2 aromatic carbocycles. The van der Waals surface area contributed by atoms with Gasteiger partial charge in [-0.2, -0.15) is 0 Å². The van der Waals surface area contributed by atoms with Crippen LogP contribution in [0.4, 0.5) is 5.69 Å². The van der Waals surface area contributed by atoms with Crippen molar-refractivity contribution in [2.24, 2.45) is 0 Å². The van der Waals surface area contributed by atoms with Crippen LogP contribution in [0.15, 0.2) is 48.5 Å². The summed E-state index contributed by atoms with van der Waals surface area (Å²) in [4.78, 5) is 2.15. The predicted octanol–water partition coefficient (Wildman–Crippen LogP) is 3.13. The van der Waals surface area contributed by atoms with E-state index in [0.29, 0.717) is 0 Å². The molecule has 0 unspecified atom stereocenters. The van der Waals surface area contributed by atoms with Gasteiger partial charge in [0.1, 0.15) is 5.75 Å². The number of nitrogens with zero attached hydrogens (tertiary/aromatic N) is 1. The maximum atomic E-state index is 5.21. The molecule has 2 rings (SSSR count). The number of hydrogen-bond acceptors (Lipinski definition) is 2. The van der Waals surface area contributed by atoms with E-state index >= 15 is 0 Å². The second-order valence-corrected chi connectivity index (χ2v) is 3.96. The summed E-state index contributed by atoms with van der Waals surface area (Å²) in [6.07, 6.45) is 0. The molecular weight excluding hydrogens is 210 g/mol. The number of methoxy groups -OCH3 is 1. The Balaban J connectivity index is 2.11. The molecule has 1 radical (unpaired) electrons. The van der Waals surface area contributed by atoms with Gasteiger partial charge in [0.2, 0.25) is 0 Å². The Bertz CT molecular complexity index is 467. The molecule has 17 heavy (non-hydrogen) atoms. The molecule has 0 saturated carbocycles.